The van der Waals surface area contributed by atoms with E-state index in [0.29, 0.717) is 16.7 Å². The lowest BCUT2D eigenvalue weighted by Crippen LogP contribution is -2.35. The zero-order valence-corrected chi connectivity index (χ0v) is 13.8. The van der Waals surface area contributed by atoms with Gasteiger partial charge >= 0.3 is 0 Å². The van der Waals surface area contributed by atoms with Crippen molar-refractivity contribution in [1.82, 2.24) is 4.90 Å². The molecule has 0 aliphatic carbocycles. The Balaban J connectivity index is 1.89. The molecular formula is C20H19NO3. The quantitative estimate of drug-likeness (QED) is 0.627. The highest BCUT2D eigenvalue weighted by Gasteiger charge is 2.36. The van der Waals surface area contributed by atoms with Gasteiger partial charge in [0.2, 0.25) is 0 Å². The van der Waals surface area contributed by atoms with Gasteiger partial charge < -0.3 is 0 Å². The number of carbonyl (C=O) groups is 3. The summed E-state index contributed by atoms with van der Waals surface area (Å²) in [4.78, 5) is 38.6. The molecule has 1 aliphatic heterocycles. The maximum atomic E-state index is 12.7. The number of hydrogen-bond acceptors (Lipinski definition) is 3. The van der Waals surface area contributed by atoms with E-state index in [1.165, 1.54) is 0 Å². The molecule has 0 fully saturated rings. The van der Waals surface area contributed by atoms with Crippen LogP contribution in [0.5, 0.6) is 0 Å². The molecule has 122 valence electrons. The number of imide groups is 1. The molecule has 2 amide bonds. The molecule has 1 heterocycles. The van der Waals surface area contributed by atoms with Crippen LogP contribution in [0.4, 0.5) is 0 Å². The van der Waals surface area contributed by atoms with Crippen molar-refractivity contribution in [3.05, 3.63) is 70.3 Å². The monoisotopic (exact) mass is 321 g/mol. The minimum atomic E-state index is -0.395. The first-order valence-corrected chi connectivity index (χ1v) is 8.17. The van der Waals surface area contributed by atoms with E-state index in [2.05, 4.69) is 0 Å². The van der Waals surface area contributed by atoms with Crippen LogP contribution < -0.4 is 0 Å². The third kappa shape index (κ3) is 2.64. The molecule has 0 spiro atoms. The van der Waals surface area contributed by atoms with Crippen LogP contribution in [-0.4, -0.2) is 29.0 Å². The first-order chi connectivity index (χ1) is 11.6. The van der Waals surface area contributed by atoms with Crippen molar-refractivity contribution in [1.29, 1.82) is 0 Å². The smallest absolute Gasteiger partial charge is 0.261 e. The first-order valence-electron chi connectivity index (χ1n) is 8.17. The van der Waals surface area contributed by atoms with Gasteiger partial charge in [0.05, 0.1) is 17.7 Å². The lowest BCUT2D eigenvalue weighted by molar-refractivity contribution is 0.0624. The number of amides is 2. The molecule has 2 aromatic carbocycles. The molecule has 2 aromatic rings. The van der Waals surface area contributed by atoms with E-state index < -0.39 is 11.8 Å². The summed E-state index contributed by atoms with van der Waals surface area (Å²) in [6.07, 6.45) is 1.56. The van der Waals surface area contributed by atoms with E-state index in [1.54, 1.807) is 24.3 Å². The van der Waals surface area contributed by atoms with Crippen LogP contribution in [0.25, 0.3) is 0 Å². The molecule has 4 heteroatoms. The van der Waals surface area contributed by atoms with Crippen molar-refractivity contribution in [2.75, 3.05) is 6.54 Å². The largest absolute Gasteiger partial charge is 0.292 e. The number of fused-ring (bicyclic) bond motifs is 1. The van der Waals surface area contributed by atoms with Crippen molar-refractivity contribution < 1.29 is 14.4 Å². The Labute approximate surface area is 141 Å². The summed E-state index contributed by atoms with van der Waals surface area (Å²) in [6, 6.07) is 12.5. The number of benzene rings is 2. The average molecular weight is 321 g/mol. The number of Topliss-reactive ketones (excluding diaryl/α,β-unsaturated/α-hetero) is 1. The van der Waals surface area contributed by atoms with Crippen LogP contribution in [-0.2, 0) is 12.8 Å². The maximum absolute atomic E-state index is 12.7. The summed E-state index contributed by atoms with van der Waals surface area (Å²) in [5.41, 5.74) is 3.35. The third-order valence-corrected chi connectivity index (χ3v) is 4.44. The van der Waals surface area contributed by atoms with Crippen LogP contribution in [0.1, 0.15) is 56.0 Å². The summed E-state index contributed by atoms with van der Waals surface area (Å²) in [5.74, 6) is -0.987. The number of nitrogens with zero attached hydrogens (tertiary/aromatic N) is 1. The summed E-state index contributed by atoms with van der Waals surface area (Å²) < 4.78 is 0. The van der Waals surface area contributed by atoms with Gasteiger partial charge in [0, 0.05) is 5.56 Å². The van der Waals surface area contributed by atoms with Crippen LogP contribution in [0.15, 0.2) is 42.5 Å². The van der Waals surface area contributed by atoms with Crippen molar-refractivity contribution in [3.8, 4) is 0 Å². The van der Waals surface area contributed by atoms with E-state index in [1.807, 2.05) is 32.0 Å². The van der Waals surface area contributed by atoms with Gasteiger partial charge in [0.25, 0.3) is 11.8 Å². The average Bonchev–Trinajstić information content (AvgIpc) is 2.86. The second-order valence-electron chi connectivity index (χ2n) is 5.86. The van der Waals surface area contributed by atoms with Gasteiger partial charge in [-0.05, 0) is 42.2 Å². The zero-order chi connectivity index (χ0) is 17.3. The predicted molar refractivity (Wildman–Crippen MR) is 91.3 cm³/mol. The minimum Gasteiger partial charge on any atom is -0.292 e. The van der Waals surface area contributed by atoms with Crippen molar-refractivity contribution in [2.24, 2.45) is 0 Å². The lowest BCUT2D eigenvalue weighted by Gasteiger charge is -2.15. The van der Waals surface area contributed by atoms with Crippen LogP contribution in [0.2, 0.25) is 0 Å². The van der Waals surface area contributed by atoms with E-state index in [-0.39, 0.29) is 12.3 Å². The molecular weight excluding hydrogens is 302 g/mol. The molecule has 4 nitrogen and oxygen atoms in total. The Morgan fingerprint density at radius 1 is 0.917 bits per heavy atom. The van der Waals surface area contributed by atoms with Crippen LogP contribution in [0.3, 0.4) is 0 Å². The molecule has 0 aromatic heterocycles. The highest BCUT2D eigenvalue weighted by molar-refractivity contribution is 6.23. The highest BCUT2D eigenvalue weighted by Crippen LogP contribution is 2.23. The topological polar surface area (TPSA) is 54.5 Å². The molecule has 0 unspecified atom stereocenters. The Morgan fingerprint density at radius 3 is 2.08 bits per heavy atom. The SMILES string of the molecule is CCc1ccc(CC)c(C(=O)CN2C(=O)c3ccccc3C2=O)c1. The Morgan fingerprint density at radius 2 is 1.54 bits per heavy atom. The van der Waals surface area contributed by atoms with E-state index >= 15 is 0 Å². The first kappa shape index (κ1) is 16.1. The standard InChI is InChI=1S/C20H19NO3/c1-3-13-9-10-14(4-2)17(11-13)18(22)12-21-19(23)15-7-5-6-8-16(15)20(21)24/h5-11H,3-4,12H2,1-2H3. The van der Waals surface area contributed by atoms with Crippen molar-refractivity contribution >= 4 is 17.6 Å². The zero-order valence-electron chi connectivity index (χ0n) is 13.8. The summed E-state index contributed by atoms with van der Waals surface area (Å²) >= 11 is 0. The molecule has 0 bridgehead atoms. The van der Waals surface area contributed by atoms with Gasteiger partial charge in [-0.1, -0.05) is 38.1 Å². The van der Waals surface area contributed by atoms with Gasteiger partial charge in [-0.25, -0.2) is 0 Å². The van der Waals surface area contributed by atoms with Gasteiger partial charge in [0.15, 0.2) is 5.78 Å². The fraction of sp³-hybridized carbons (Fsp3) is 0.250. The van der Waals surface area contributed by atoms with E-state index in [9.17, 15) is 14.4 Å². The Kier molecular flexibility index (Phi) is 4.30. The Bertz CT molecular complexity index is 804. The fourth-order valence-corrected chi connectivity index (χ4v) is 3.02. The number of rotatable bonds is 5. The van der Waals surface area contributed by atoms with E-state index in [0.717, 1.165) is 28.9 Å². The number of hydrogen-bond donors (Lipinski definition) is 0. The normalized spacial score (nSPS) is 13.3. The third-order valence-electron chi connectivity index (χ3n) is 4.44. The van der Waals surface area contributed by atoms with Gasteiger partial charge in [-0.3, -0.25) is 19.3 Å². The van der Waals surface area contributed by atoms with Crippen molar-refractivity contribution in [2.45, 2.75) is 26.7 Å². The second-order valence-corrected chi connectivity index (χ2v) is 5.86. The molecule has 1 aliphatic rings. The summed E-state index contributed by atoms with van der Waals surface area (Å²) in [7, 11) is 0. The van der Waals surface area contributed by atoms with Crippen LogP contribution in [0, 0.1) is 0 Å². The fourth-order valence-electron chi connectivity index (χ4n) is 3.02. The summed E-state index contributed by atoms with van der Waals surface area (Å²) in [6.45, 7) is 3.80. The minimum absolute atomic E-state index is 0.198. The molecule has 0 saturated heterocycles. The lowest BCUT2D eigenvalue weighted by atomic mass is 9.97. The molecule has 0 N–H and O–H groups in total. The number of aryl methyl sites for hydroxylation is 2. The van der Waals surface area contributed by atoms with Crippen LogP contribution >= 0.6 is 0 Å². The summed E-state index contributed by atoms with van der Waals surface area (Å²) in [5, 5.41) is 0. The number of carbonyl (C=O) groups excluding carboxylic acids is 3. The predicted octanol–water partition coefficient (Wildman–Crippen LogP) is 3.29. The number of ketones is 1. The molecule has 3 rings (SSSR count). The molecule has 0 atom stereocenters. The van der Waals surface area contributed by atoms with Gasteiger partial charge in [-0.15, -0.1) is 0 Å². The molecule has 0 radical (unpaired) electrons. The maximum Gasteiger partial charge on any atom is 0.261 e. The second kappa shape index (κ2) is 6.40. The Hall–Kier alpha value is -2.75. The van der Waals surface area contributed by atoms with Crippen molar-refractivity contribution in [3.63, 3.8) is 0 Å². The van der Waals surface area contributed by atoms with Gasteiger partial charge in [-0.2, -0.15) is 0 Å². The highest BCUT2D eigenvalue weighted by atomic mass is 16.2. The van der Waals surface area contributed by atoms with E-state index in [4.69, 9.17) is 0 Å². The molecule has 24 heavy (non-hydrogen) atoms. The molecule has 0 saturated carbocycles. The van der Waals surface area contributed by atoms with Gasteiger partial charge in [0.1, 0.15) is 0 Å².